The van der Waals surface area contributed by atoms with Crippen LogP contribution in [-0.4, -0.2) is 23.3 Å². The number of aliphatic hydroxyl groups is 1. The van der Waals surface area contributed by atoms with Crippen molar-refractivity contribution in [3.63, 3.8) is 0 Å². The molecule has 0 aliphatic heterocycles. The van der Waals surface area contributed by atoms with Crippen molar-refractivity contribution in [2.45, 2.75) is 13.8 Å². The van der Waals surface area contributed by atoms with Gasteiger partial charge in [0.05, 0.1) is 6.61 Å². The Bertz CT molecular complexity index is 302. The maximum Gasteiger partial charge on any atom is 0.166 e. The van der Waals surface area contributed by atoms with Crippen LogP contribution in [0.3, 0.4) is 0 Å². The van der Waals surface area contributed by atoms with E-state index in [2.05, 4.69) is 4.98 Å². The Morgan fingerprint density at radius 2 is 2.29 bits per heavy atom. The van der Waals surface area contributed by atoms with E-state index in [1.165, 1.54) is 0 Å². The molecule has 0 aliphatic carbocycles. The lowest BCUT2D eigenvalue weighted by Gasteiger charge is -2.11. The van der Waals surface area contributed by atoms with Gasteiger partial charge in [0.25, 0.3) is 0 Å². The summed E-state index contributed by atoms with van der Waals surface area (Å²) < 4.78 is 5.40. The van der Waals surface area contributed by atoms with Crippen molar-refractivity contribution < 1.29 is 9.84 Å². The number of aliphatic hydroxyl groups excluding tert-OH is 1. The SMILES string of the molecule is Cc1ccc(OCC(C)CO)c(N)n1. The molecule has 1 aromatic rings. The molecular formula is C10H16N2O2. The van der Waals surface area contributed by atoms with E-state index in [-0.39, 0.29) is 12.5 Å². The molecule has 14 heavy (non-hydrogen) atoms. The minimum atomic E-state index is 0.107. The highest BCUT2D eigenvalue weighted by Crippen LogP contribution is 2.19. The first-order chi connectivity index (χ1) is 6.63. The summed E-state index contributed by atoms with van der Waals surface area (Å²) in [6.07, 6.45) is 0. The fraction of sp³-hybridized carbons (Fsp3) is 0.500. The van der Waals surface area contributed by atoms with Crippen LogP contribution in [-0.2, 0) is 0 Å². The van der Waals surface area contributed by atoms with Gasteiger partial charge in [0.1, 0.15) is 0 Å². The zero-order chi connectivity index (χ0) is 10.6. The van der Waals surface area contributed by atoms with Crippen LogP contribution in [0.1, 0.15) is 12.6 Å². The first kappa shape index (κ1) is 10.8. The van der Waals surface area contributed by atoms with Crippen LogP contribution in [0.2, 0.25) is 0 Å². The molecule has 0 spiro atoms. The Kier molecular flexibility index (Phi) is 3.71. The lowest BCUT2D eigenvalue weighted by molar-refractivity contribution is 0.174. The molecule has 4 nitrogen and oxygen atoms in total. The standard InChI is InChI=1S/C10H16N2O2/c1-7(5-13)6-14-9-4-3-8(2)12-10(9)11/h3-4,7,13H,5-6H2,1-2H3,(H2,11,12). The summed E-state index contributed by atoms with van der Waals surface area (Å²) in [5.41, 5.74) is 6.52. The molecule has 0 fully saturated rings. The highest BCUT2D eigenvalue weighted by molar-refractivity contribution is 5.46. The van der Waals surface area contributed by atoms with Crippen LogP contribution in [0.4, 0.5) is 5.82 Å². The lowest BCUT2D eigenvalue weighted by atomic mass is 10.2. The number of nitrogens with zero attached hydrogens (tertiary/aromatic N) is 1. The summed E-state index contributed by atoms with van der Waals surface area (Å²) in [4.78, 5) is 4.07. The van der Waals surface area contributed by atoms with E-state index < -0.39 is 0 Å². The van der Waals surface area contributed by atoms with E-state index in [1.807, 2.05) is 19.9 Å². The molecular weight excluding hydrogens is 180 g/mol. The van der Waals surface area contributed by atoms with Gasteiger partial charge in [-0.05, 0) is 19.1 Å². The number of hydrogen-bond donors (Lipinski definition) is 2. The minimum absolute atomic E-state index is 0.107. The van der Waals surface area contributed by atoms with E-state index in [1.54, 1.807) is 6.07 Å². The smallest absolute Gasteiger partial charge is 0.166 e. The molecule has 0 aromatic carbocycles. The third kappa shape index (κ3) is 2.88. The third-order valence-corrected chi connectivity index (χ3v) is 1.86. The molecule has 1 unspecified atom stereocenters. The van der Waals surface area contributed by atoms with Crippen LogP contribution in [0.5, 0.6) is 5.75 Å². The number of ether oxygens (including phenoxy) is 1. The number of anilines is 1. The average molecular weight is 196 g/mol. The van der Waals surface area contributed by atoms with Crippen molar-refractivity contribution in [3.05, 3.63) is 17.8 Å². The number of nitrogen functional groups attached to an aromatic ring is 1. The second-order valence-electron chi connectivity index (χ2n) is 3.43. The third-order valence-electron chi connectivity index (χ3n) is 1.86. The van der Waals surface area contributed by atoms with Gasteiger partial charge in [0, 0.05) is 18.2 Å². The summed E-state index contributed by atoms with van der Waals surface area (Å²) in [5, 5.41) is 8.80. The number of aromatic nitrogens is 1. The quantitative estimate of drug-likeness (QED) is 0.753. The Labute approximate surface area is 83.7 Å². The fourth-order valence-corrected chi connectivity index (χ4v) is 0.971. The van der Waals surface area contributed by atoms with Crippen LogP contribution in [0.25, 0.3) is 0 Å². The van der Waals surface area contributed by atoms with E-state index in [9.17, 15) is 0 Å². The molecule has 3 N–H and O–H groups in total. The van der Waals surface area contributed by atoms with Crippen molar-refractivity contribution in [1.82, 2.24) is 4.98 Å². The largest absolute Gasteiger partial charge is 0.489 e. The molecule has 4 heteroatoms. The van der Waals surface area contributed by atoms with E-state index in [0.29, 0.717) is 18.2 Å². The van der Waals surface area contributed by atoms with Gasteiger partial charge in [-0.25, -0.2) is 4.98 Å². The van der Waals surface area contributed by atoms with Crippen molar-refractivity contribution in [2.24, 2.45) is 5.92 Å². The topological polar surface area (TPSA) is 68.4 Å². The van der Waals surface area contributed by atoms with Crippen LogP contribution in [0.15, 0.2) is 12.1 Å². The molecule has 0 saturated heterocycles. The zero-order valence-electron chi connectivity index (χ0n) is 8.53. The van der Waals surface area contributed by atoms with E-state index in [0.717, 1.165) is 5.69 Å². The Balaban J connectivity index is 2.59. The zero-order valence-corrected chi connectivity index (χ0v) is 8.53. The van der Waals surface area contributed by atoms with Gasteiger partial charge in [-0.2, -0.15) is 0 Å². The van der Waals surface area contributed by atoms with Gasteiger partial charge in [-0.15, -0.1) is 0 Å². The maximum atomic E-state index is 8.80. The van der Waals surface area contributed by atoms with E-state index in [4.69, 9.17) is 15.6 Å². The predicted octanol–water partition coefficient (Wildman–Crippen LogP) is 0.979. The molecule has 0 saturated carbocycles. The molecule has 0 radical (unpaired) electrons. The van der Waals surface area contributed by atoms with Gasteiger partial charge in [0.2, 0.25) is 0 Å². The Morgan fingerprint density at radius 3 is 2.86 bits per heavy atom. The minimum Gasteiger partial charge on any atom is -0.489 e. The molecule has 1 heterocycles. The highest BCUT2D eigenvalue weighted by atomic mass is 16.5. The van der Waals surface area contributed by atoms with E-state index >= 15 is 0 Å². The van der Waals surface area contributed by atoms with Crippen molar-refractivity contribution in [1.29, 1.82) is 0 Å². The number of hydrogen-bond acceptors (Lipinski definition) is 4. The molecule has 0 amide bonds. The van der Waals surface area contributed by atoms with Gasteiger partial charge in [-0.1, -0.05) is 6.92 Å². The molecule has 1 aromatic heterocycles. The average Bonchev–Trinajstić information content (AvgIpc) is 2.16. The van der Waals surface area contributed by atoms with Crippen LogP contribution < -0.4 is 10.5 Å². The summed E-state index contributed by atoms with van der Waals surface area (Å²) in [5.74, 6) is 1.08. The molecule has 0 aliphatic rings. The fourth-order valence-electron chi connectivity index (χ4n) is 0.971. The van der Waals surface area contributed by atoms with Crippen molar-refractivity contribution >= 4 is 5.82 Å². The summed E-state index contributed by atoms with van der Waals surface area (Å²) >= 11 is 0. The van der Waals surface area contributed by atoms with Gasteiger partial charge < -0.3 is 15.6 Å². The Hall–Kier alpha value is -1.29. The number of nitrogens with two attached hydrogens (primary N) is 1. The number of aryl methyl sites for hydroxylation is 1. The van der Waals surface area contributed by atoms with Gasteiger partial charge in [-0.3, -0.25) is 0 Å². The van der Waals surface area contributed by atoms with Crippen molar-refractivity contribution in [3.8, 4) is 5.75 Å². The van der Waals surface area contributed by atoms with Gasteiger partial charge >= 0.3 is 0 Å². The second-order valence-corrected chi connectivity index (χ2v) is 3.43. The normalized spacial score (nSPS) is 12.5. The summed E-state index contributed by atoms with van der Waals surface area (Å²) in [6.45, 7) is 4.33. The van der Waals surface area contributed by atoms with Gasteiger partial charge in [0.15, 0.2) is 11.6 Å². The van der Waals surface area contributed by atoms with Crippen molar-refractivity contribution in [2.75, 3.05) is 18.9 Å². The lowest BCUT2D eigenvalue weighted by Crippen LogP contribution is -2.13. The maximum absolute atomic E-state index is 8.80. The summed E-state index contributed by atoms with van der Waals surface area (Å²) in [7, 11) is 0. The number of pyridine rings is 1. The van der Waals surface area contributed by atoms with Crippen LogP contribution in [0, 0.1) is 12.8 Å². The monoisotopic (exact) mass is 196 g/mol. The predicted molar refractivity (Wildman–Crippen MR) is 55.1 cm³/mol. The molecule has 0 bridgehead atoms. The highest BCUT2D eigenvalue weighted by Gasteiger charge is 2.04. The molecule has 78 valence electrons. The Morgan fingerprint density at radius 1 is 1.57 bits per heavy atom. The molecule has 1 rings (SSSR count). The number of rotatable bonds is 4. The first-order valence-corrected chi connectivity index (χ1v) is 4.60. The van der Waals surface area contributed by atoms with Crippen LogP contribution >= 0.6 is 0 Å². The molecule has 1 atom stereocenters. The second kappa shape index (κ2) is 4.81. The summed E-state index contributed by atoms with van der Waals surface area (Å²) in [6, 6.07) is 3.64. The first-order valence-electron chi connectivity index (χ1n) is 4.60.